The summed E-state index contributed by atoms with van der Waals surface area (Å²) < 4.78 is 45.9. The second-order valence-corrected chi connectivity index (χ2v) is 15.1. The summed E-state index contributed by atoms with van der Waals surface area (Å²) in [6, 6.07) is -0.118. The Balaban J connectivity index is 1.18. The van der Waals surface area contributed by atoms with Crippen molar-refractivity contribution < 1.29 is 27.1 Å². The number of hydrogen-bond acceptors (Lipinski definition) is 7. The van der Waals surface area contributed by atoms with E-state index < -0.39 is 33.4 Å². The fraction of sp³-hybridized carbons (Fsp3) is 0.926. The van der Waals surface area contributed by atoms with Gasteiger partial charge in [0.2, 0.25) is 15.9 Å². The molecule has 3 amide bonds. The number of rotatable bonds is 10. The van der Waals surface area contributed by atoms with Crippen molar-refractivity contribution >= 4 is 33.6 Å². The van der Waals surface area contributed by atoms with Crippen molar-refractivity contribution in [3.8, 4) is 0 Å². The van der Waals surface area contributed by atoms with Gasteiger partial charge in [0.05, 0.1) is 23.2 Å². The lowest BCUT2D eigenvalue weighted by molar-refractivity contribution is -0.129. The Morgan fingerprint density at radius 3 is 2.46 bits per heavy atom. The van der Waals surface area contributed by atoms with Crippen LogP contribution in [0.3, 0.4) is 0 Å². The Labute approximate surface area is 249 Å². The molecule has 3 aliphatic carbocycles. The minimum atomic E-state index is -3.85. The second kappa shape index (κ2) is 14.5. The highest BCUT2D eigenvalue weighted by Crippen LogP contribution is 2.37. The van der Waals surface area contributed by atoms with E-state index in [0.717, 1.165) is 38.9 Å². The lowest BCUT2D eigenvalue weighted by Crippen LogP contribution is -2.52. The lowest BCUT2D eigenvalue weighted by Gasteiger charge is -2.37. The number of nitrogens with zero attached hydrogens (tertiary/aromatic N) is 2. The summed E-state index contributed by atoms with van der Waals surface area (Å²) in [5, 5.41) is 5.63. The monoisotopic (exact) mass is 622 g/mol. The van der Waals surface area contributed by atoms with Crippen molar-refractivity contribution in [3.05, 3.63) is 0 Å². The number of carbonyl (C=O) groups is 2. The Kier molecular flexibility index (Phi) is 11.5. The van der Waals surface area contributed by atoms with Crippen LogP contribution in [0.25, 0.3) is 0 Å². The Morgan fingerprint density at radius 2 is 1.80 bits per heavy atom. The van der Waals surface area contributed by atoms with Crippen molar-refractivity contribution in [3.63, 3.8) is 0 Å². The van der Waals surface area contributed by atoms with Gasteiger partial charge in [0.15, 0.2) is 0 Å². The molecule has 4 aliphatic rings. The summed E-state index contributed by atoms with van der Waals surface area (Å²) in [5.74, 6) is -1.57. The standard InChI is InChI=1S/C27H48ClFN6O5S/c1-34-14-24(30-16-34)19-11-22(25(29)23(28)12-19)26(36)32-33-41(38,39)15-18-4-7-20(10-18)31-27(37)35(2)13-17-5-8-21(40-3)9-6-17/h17-25,30,33H,4-16H2,1-3H3,(H,31,37)(H,32,36). The maximum absolute atomic E-state index is 14.9. The number of likely N-dealkylation sites (N-methyl/N-ethyl adjacent to an activating group) is 1. The zero-order valence-electron chi connectivity index (χ0n) is 24.5. The van der Waals surface area contributed by atoms with E-state index in [4.69, 9.17) is 16.3 Å². The number of urea groups is 1. The molecular formula is C27H48ClFN6O5S. The third-order valence-corrected chi connectivity index (χ3v) is 11.3. The van der Waals surface area contributed by atoms with E-state index in [1.807, 2.05) is 7.05 Å². The van der Waals surface area contributed by atoms with Crippen LogP contribution in [0.15, 0.2) is 0 Å². The van der Waals surface area contributed by atoms with Gasteiger partial charge in [-0.2, -0.15) is 0 Å². The van der Waals surface area contributed by atoms with Crippen LogP contribution in [0.1, 0.15) is 57.8 Å². The molecule has 1 heterocycles. The molecule has 14 heteroatoms. The number of carbonyl (C=O) groups excluding carboxylic acids is 2. The third kappa shape index (κ3) is 9.12. The average Bonchev–Trinajstić information content (AvgIpc) is 3.57. The smallest absolute Gasteiger partial charge is 0.317 e. The van der Waals surface area contributed by atoms with Crippen LogP contribution < -0.4 is 20.9 Å². The van der Waals surface area contributed by atoms with Gasteiger partial charge >= 0.3 is 6.03 Å². The summed E-state index contributed by atoms with van der Waals surface area (Å²) in [5.41, 5.74) is 2.25. The molecule has 4 rings (SSSR count). The van der Waals surface area contributed by atoms with Crippen LogP contribution in [0.2, 0.25) is 0 Å². The first-order chi connectivity index (χ1) is 19.4. The van der Waals surface area contributed by atoms with Crippen LogP contribution >= 0.6 is 11.6 Å². The number of hydrazine groups is 1. The molecule has 4 N–H and O–H groups in total. The molecule has 11 nitrogen and oxygen atoms in total. The minimum Gasteiger partial charge on any atom is -0.381 e. The van der Waals surface area contributed by atoms with E-state index in [1.165, 1.54) is 0 Å². The number of alkyl halides is 2. The molecule has 0 aromatic carbocycles. The Morgan fingerprint density at radius 1 is 1.10 bits per heavy atom. The molecule has 3 saturated carbocycles. The quantitative estimate of drug-likeness (QED) is 0.216. The first-order valence-electron chi connectivity index (χ1n) is 15.0. The molecule has 0 aromatic heterocycles. The highest BCUT2D eigenvalue weighted by atomic mass is 35.5. The van der Waals surface area contributed by atoms with Crippen molar-refractivity contribution in [1.82, 2.24) is 30.7 Å². The van der Waals surface area contributed by atoms with E-state index in [0.29, 0.717) is 50.7 Å². The molecule has 0 spiro atoms. The Hall–Kier alpha value is -1.25. The topological polar surface area (TPSA) is 132 Å². The van der Waals surface area contributed by atoms with Crippen LogP contribution in [-0.2, 0) is 19.6 Å². The first kappa shape index (κ1) is 32.7. The number of amides is 3. The molecule has 7 unspecified atom stereocenters. The fourth-order valence-corrected chi connectivity index (χ4v) is 8.76. The SMILES string of the molecule is COC1CCC(CN(C)C(=O)NC2CCC(CS(=O)(=O)NNC(=O)C3CC(C4CN(C)CN4)CC(Cl)C3F)C2)CC1. The van der Waals surface area contributed by atoms with E-state index >= 15 is 0 Å². The van der Waals surface area contributed by atoms with Crippen molar-refractivity contribution in [2.24, 2.45) is 23.7 Å². The zero-order valence-corrected chi connectivity index (χ0v) is 26.1. The summed E-state index contributed by atoms with van der Waals surface area (Å²) in [6.07, 6.45) is 5.54. The predicted molar refractivity (Wildman–Crippen MR) is 155 cm³/mol. The number of halogens is 2. The van der Waals surface area contributed by atoms with Gasteiger partial charge < -0.3 is 15.0 Å². The normalized spacial score (nSPS) is 36.7. The van der Waals surface area contributed by atoms with Gasteiger partial charge in [-0.3, -0.25) is 20.4 Å². The van der Waals surface area contributed by atoms with Crippen LogP contribution in [-0.4, -0.2) is 107 Å². The summed E-state index contributed by atoms with van der Waals surface area (Å²) in [6.45, 7) is 2.21. The van der Waals surface area contributed by atoms with Crippen molar-refractivity contribution in [2.75, 3.05) is 46.7 Å². The zero-order chi connectivity index (χ0) is 29.7. The highest BCUT2D eigenvalue weighted by Gasteiger charge is 2.44. The van der Waals surface area contributed by atoms with Gasteiger partial charge in [-0.05, 0) is 82.6 Å². The molecular weight excluding hydrogens is 575 g/mol. The molecule has 236 valence electrons. The number of ether oxygens (including phenoxy) is 1. The highest BCUT2D eigenvalue weighted by molar-refractivity contribution is 7.89. The molecule has 41 heavy (non-hydrogen) atoms. The lowest BCUT2D eigenvalue weighted by atomic mass is 9.76. The molecule has 7 atom stereocenters. The van der Waals surface area contributed by atoms with Gasteiger partial charge in [-0.25, -0.2) is 17.6 Å². The summed E-state index contributed by atoms with van der Waals surface area (Å²) in [4.78, 5) is 31.6. The molecule has 4 fully saturated rings. The van der Waals surface area contributed by atoms with Gasteiger partial charge in [0, 0.05) is 46.0 Å². The van der Waals surface area contributed by atoms with Crippen LogP contribution in [0, 0.1) is 23.7 Å². The predicted octanol–water partition coefficient (Wildman–Crippen LogP) is 1.79. The number of methoxy groups -OCH3 is 1. The molecule has 0 radical (unpaired) electrons. The third-order valence-electron chi connectivity index (χ3n) is 9.51. The fourth-order valence-electron chi connectivity index (χ4n) is 7.09. The molecule has 1 saturated heterocycles. The van der Waals surface area contributed by atoms with Gasteiger partial charge in [-0.1, -0.05) is 0 Å². The summed E-state index contributed by atoms with van der Waals surface area (Å²) in [7, 11) is 1.68. The molecule has 0 bridgehead atoms. The van der Waals surface area contributed by atoms with Gasteiger partial charge in [0.1, 0.15) is 6.17 Å². The number of nitrogens with one attached hydrogen (secondary N) is 4. The van der Waals surface area contributed by atoms with E-state index in [-0.39, 0.29) is 35.7 Å². The second-order valence-electron chi connectivity index (χ2n) is 12.8. The van der Waals surface area contributed by atoms with E-state index in [1.54, 1.807) is 19.1 Å². The Bertz CT molecular complexity index is 1000. The molecule has 0 aromatic rings. The number of sulfonamides is 1. The maximum atomic E-state index is 14.9. The van der Waals surface area contributed by atoms with Crippen molar-refractivity contribution in [2.45, 2.75) is 87.5 Å². The van der Waals surface area contributed by atoms with E-state index in [9.17, 15) is 22.4 Å². The van der Waals surface area contributed by atoms with E-state index in [2.05, 4.69) is 25.8 Å². The van der Waals surface area contributed by atoms with Crippen LogP contribution in [0.4, 0.5) is 9.18 Å². The van der Waals surface area contributed by atoms with Gasteiger partial charge in [0.25, 0.3) is 0 Å². The number of hydrogen-bond donors (Lipinski definition) is 4. The summed E-state index contributed by atoms with van der Waals surface area (Å²) >= 11 is 6.27. The van der Waals surface area contributed by atoms with Gasteiger partial charge in [-0.15, -0.1) is 16.4 Å². The largest absolute Gasteiger partial charge is 0.381 e. The average molecular weight is 623 g/mol. The van der Waals surface area contributed by atoms with Crippen LogP contribution in [0.5, 0.6) is 0 Å². The van der Waals surface area contributed by atoms with Crippen molar-refractivity contribution in [1.29, 1.82) is 0 Å². The first-order valence-corrected chi connectivity index (χ1v) is 17.1. The molecule has 1 aliphatic heterocycles. The minimum absolute atomic E-state index is 0.0252. The maximum Gasteiger partial charge on any atom is 0.317 e.